The van der Waals surface area contributed by atoms with Crippen molar-refractivity contribution in [1.29, 1.82) is 5.26 Å². The number of benzene rings is 1. The van der Waals surface area contributed by atoms with Crippen molar-refractivity contribution in [1.82, 2.24) is 15.1 Å². The first-order valence-electron chi connectivity index (χ1n) is 15.0. The molecule has 1 unspecified atom stereocenters. The van der Waals surface area contributed by atoms with Gasteiger partial charge in [-0.1, -0.05) is 26.3 Å². The van der Waals surface area contributed by atoms with Crippen LogP contribution in [0, 0.1) is 23.1 Å². The highest BCUT2D eigenvalue weighted by molar-refractivity contribution is 5.87. The number of amides is 2. The van der Waals surface area contributed by atoms with E-state index < -0.39 is 23.8 Å². The molecular formula is C31H46FN5O3. The fraction of sp³-hybridized carbons (Fsp3) is 0.710. The van der Waals surface area contributed by atoms with E-state index in [9.17, 15) is 14.9 Å². The van der Waals surface area contributed by atoms with Crippen molar-refractivity contribution >= 4 is 17.7 Å². The first kappa shape index (κ1) is 30.1. The predicted molar refractivity (Wildman–Crippen MR) is 153 cm³/mol. The average Bonchev–Trinajstić information content (AvgIpc) is 3.54. The molecule has 2 bridgehead atoms. The van der Waals surface area contributed by atoms with Crippen LogP contribution in [0.1, 0.15) is 78.7 Å². The number of nitrogens with one attached hydrogen (secondary N) is 1. The van der Waals surface area contributed by atoms with Crippen LogP contribution in [0.15, 0.2) is 18.2 Å². The average molecular weight is 556 g/mol. The number of halogens is 1. The van der Waals surface area contributed by atoms with Gasteiger partial charge in [0.05, 0.1) is 6.07 Å². The molecule has 40 heavy (non-hydrogen) atoms. The van der Waals surface area contributed by atoms with Gasteiger partial charge in [0.2, 0.25) is 5.91 Å². The standard InChI is InChI=1S/C31H46FN5O3/c1-6-8-24(7-2)35-13-15-36(16-14-35)25-11-9-21(27(32)19-25)17-23(20-33)34-29(38)28-22-10-12-26(18-22)37(28)30(39)40-31(3,4)5/h9,11,19,22-24,26,28H,6-8,10,12-18H2,1-5H3,(H,34,38)/t22-,23-,24?,26+,28-/m0/s1. The molecule has 0 aromatic heterocycles. The molecular weight excluding hydrogens is 509 g/mol. The molecule has 220 valence electrons. The van der Waals surface area contributed by atoms with Crippen molar-refractivity contribution in [2.75, 3.05) is 31.1 Å². The molecule has 2 aliphatic heterocycles. The fourth-order valence-electron chi connectivity index (χ4n) is 6.73. The number of piperidine rings is 1. The van der Waals surface area contributed by atoms with Gasteiger partial charge in [-0.3, -0.25) is 14.6 Å². The molecule has 3 aliphatic rings. The maximum Gasteiger partial charge on any atom is 0.411 e. The number of anilines is 1. The van der Waals surface area contributed by atoms with Crippen molar-refractivity contribution in [3.05, 3.63) is 29.6 Å². The van der Waals surface area contributed by atoms with Gasteiger partial charge in [-0.15, -0.1) is 0 Å². The number of nitriles is 1. The van der Waals surface area contributed by atoms with Crippen molar-refractivity contribution in [3.63, 3.8) is 0 Å². The third-order valence-corrected chi connectivity index (χ3v) is 8.68. The Morgan fingerprint density at radius 2 is 1.90 bits per heavy atom. The lowest BCUT2D eigenvalue weighted by atomic mass is 9.97. The van der Waals surface area contributed by atoms with Crippen LogP contribution in [0.2, 0.25) is 0 Å². The molecule has 9 heteroatoms. The van der Waals surface area contributed by atoms with Gasteiger partial charge >= 0.3 is 6.09 Å². The summed E-state index contributed by atoms with van der Waals surface area (Å²) in [6.45, 7) is 13.5. The van der Waals surface area contributed by atoms with Gasteiger partial charge in [-0.25, -0.2) is 9.18 Å². The molecule has 1 aromatic carbocycles. The molecule has 4 rings (SSSR count). The zero-order chi connectivity index (χ0) is 29.0. The minimum absolute atomic E-state index is 0.0255. The largest absolute Gasteiger partial charge is 0.444 e. The second-order valence-corrected chi connectivity index (χ2v) is 12.6. The fourth-order valence-corrected chi connectivity index (χ4v) is 6.73. The van der Waals surface area contributed by atoms with Gasteiger partial charge in [-0.05, 0) is 76.5 Å². The zero-order valence-corrected chi connectivity index (χ0v) is 24.8. The van der Waals surface area contributed by atoms with Crippen LogP contribution < -0.4 is 10.2 Å². The third kappa shape index (κ3) is 6.88. The number of rotatable bonds is 9. The summed E-state index contributed by atoms with van der Waals surface area (Å²) in [4.78, 5) is 32.6. The Hall–Kier alpha value is -2.86. The Labute approximate surface area is 238 Å². The summed E-state index contributed by atoms with van der Waals surface area (Å²) in [6, 6.07) is 6.32. The number of piperazine rings is 1. The number of hydrogen-bond donors (Lipinski definition) is 1. The van der Waals surface area contributed by atoms with Crippen LogP contribution in [0.25, 0.3) is 0 Å². The van der Waals surface area contributed by atoms with Gasteiger partial charge in [0.15, 0.2) is 0 Å². The molecule has 3 fully saturated rings. The minimum atomic E-state index is -0.902. The van der Waals surface area contributed by atoms with E-state index >= 15 is 4.39 Å². The van der Waals surface area contributed by atoms with Crippen molar-refractivity contribution < 1.29 is 18.7 Å². The first-order valence-corrected chi connectivity index (χ1v) is 15.0. The molecule has 8 nitrogen and oxygen atoms in total. The van der Waals surface area contributed by atoms with Crippen molar-refractivity contribution in [2.24, 2.45) is 5.92 Å². The maximum absolute atomic E-state index is 15.2. The lowest BCUT2D eigenvalue weighted by Crippen LogP contribution is -2.55. The molecule has 5 atom stereocenters. The summed E-state index contributed by atoms with van der Waals surface area (Å²) < 4.78 is 20.8. The van der Waals surface area contributed by atoms with E-state index in [1.807, 2.05) is 6.07 Å². The van der Waals surface area contributed by atoms with E-state index in [4.69, 9.17) is 4.74 Å². The lowest BCUT2D eigenvalue weighted by Gasteiger charge is -2.40. The summed E-state index contributed by atoms with van der Waals surface area (Å²) >= 11 is 0. The van der Waals surface area contributed by atoms with Crippen LogP contribution in [-0.2, 0) is 16.0 Å². The number of nitrogens with zero attached hydrogens (tertiary/aromatic N) is 4. The number of carbonyl (C=O) groups excluding carboxylic acids is 2. The van der Waals surface area contributed by atoms with Gasteiger partial charge < -0.3 is 15.0 Å². The van der Waals surface area contributed by atoms with E-state index in [2.05, 4.69) is 35.0 Å². The normalized spacial score (nSPS) is 24.5. The van der Waals surface area contributed by atoms with E-state index in [1.54, 1.807) is 37.8 Å². The number of carbonyl (C=O) groups is 2. The van der Waals surface area contributed by atoms with Crippen LogP contribution >= 0.6 is 0 Å². The van der Waals surface area contributed by atoms with E-state index in [1.165, 1.54) is 12.8 Å². The van der Waals surface area contributed by atoms with E-state index in [0.717, 1.165) is 57.5 Å². The summed E-state index contributed by atoms with van der Waals surface area (Å²) in [7, 11) is 0. The minimum Gasteiger partial charge on any atom is -0.444 e. The summed E-state index contributed by atoms with van der Waals surface area (Å²) in [5, 5.41) is 12.6. The topological polar surface area (TPSA) is 88.9 Å². The zero-order valence-electron chi connectivity index (χ0n) is 24.8. The van der Waals surface area contributed by atoms with Gasteiger partial charge in [0.25, 0.3) is 0 Å². The van der Waals surface area contributed by atoms with Gasteiger partial charge in [-0.2, -0.15) is 5.26 Å². The maximum atomic E-state index is 15.2. The summed E-state index contributed by atoms with van der Waals surface area (Å²) in [5.41, 5.74) is 0.566. The quantitative estimate of drug-likeness (QED) is 0.468. The van der Waals surface area contributed by atoms with Crippen LogP contribution in [0.3, 0.4) is 0 Å². The predicted octanol–water partition coefficient (Wildman–Crippen LogP) is 4.87. The highest BCUT2D eigenvalue weighted by Gasteiger charge is 2.52. The van der Waals surface area contributed by atoms with E-state index in [0.29, 0.717) is 11.6 Å². The molecule has 0 spiro atoms. The molecule has 2 heterocycles. The first-order chi connectivity index (χ1) is 19.0. The second kappa shape index (κ2) is 12.8. The Kier molecular flexibility index (Phi) is 9.60. The Balaban J connectivity index is 1.36. The molecule has 2 amide bonds. The highest BCUT2D eigenvalue weighted by Crippen LogP contribution is 2.43. The highest BCUT2D eigenvalue weighted by atomic mass is 19.1. The van der Waals surface area contributed by atoms with Crippen LogP contribution in [0.5, 0.6) is 0 Å². The molecule has 0 radical (unpaired) electrons. The van der Waals surface area contributed by atoms with Crippen LogP contribution in [-0.4, -0.2) is 77.7 Å². The molecule has 1 saturated carbocycles. The van der Waals surface area contributed by atoms with Gasteiger partial charge in [0.1, 0.15) is 23.5 Å². The number of likely N-dealkylation sites (tertiary alicyclic amines) is 1. The number of hydrogen-bond acceptors (Lipinski definition) is 6. The summed E-state index contributed by atoms with van der Waals surface area (Å²) in [6.07, 6.45) is 5.57. The Morgan fingerprint density at radius 3 is 2.50 bits per heavy atom. The monoisotopic (exact) mass is 555 g/mol. The lowest BCUT2D eigenvalue weighted by molar-refractivity contribution is -0.128. The molecule has 1 N–H and O–H groups in total. The molecule has 1 aromatic rings. The van der Waals surface area contributed by atoms with Crippen molar-refractivity contribution in [2.45, 2.75) is 109 Å². The molecule has 2 saturated heterocycles. The number of ether oxygens (including phenoxy) is 1. The Morgan fingerprint density at radius 1 is 1.18 bits per heavy atom. The van der Waals surface area contributed by atoms with Gasteiger partial charge in [0, 0.05) is 50.4 Å². The summed E-state index contributed by atoms with van der Waals surface area (Å²) in [5.74, 6) is -0.696. The SMILES string of the molecule is CCCC(CC)N1CCN(c2ccc(C[C@@H](C#N)NC(=O)[C@@H]3[C@H]4CC[C@H](C4)N3C(=O)OC(C)(C)C)c(F)c2)CC1. The van der Waals surface area contributed by atoms with Crippen molar-refractivity contribution in [3.8, 4) is 6.07 Å². The van der Waals surface area contributed by atoms with Crippen LogP contribution in [0.4, 0.5) is 14.9 Å². The molecule has 1 aliphatic carbocycles. The van der Waals surface area contributed by atoms with E-state index in [-0.39, 0.29) is 30.1 Å². The smallest absolute Gasteiger partial charge is 0.411 e. The Bertz CT molecular complexity index is 1090. The second-order valence-electron chi connectivity index (χ2n) is 12.6. The third-order valence-electron chi connectivity index (χ3n) is 8.68. The number of fused-ring (bicyclic) bond motifs is 2.